The van der Waals surface area contributed by atoms with Gasteiger partial charge in [-0.15, -0.1) is 0 Å². The topological polar surface area (TPSA) is 41.1 Å². The molecule has 0 saturated carbocycles. The van der Waals surface area contributed by atoms with Crippen molar-refractivity contribution in [3.63, 3.8) is 0 Å². The number of aromatic nitrogens is 2. The average molecular weight is 262 g/mol. The second-order valence-corrected chi connectivity index (χ2v) is 5.80. The Hall–Kier alpha value is -1.32. The highest BCUT2D eigenvalue weighted by molar-refractivity contribution is 5.59. The van der Waals surface area contributed by atoms with Gasteiger partial charge in [0.2, 0.25) is 0 Å². The van der Waals surface area contributed by atoms with Gasteiger partial charge in [0.1, 0.15) is 17.5 Å². The van der Waals surface area contributed by atoms with Gasteiger partial charge in [-0.3, -0.25) is 0 Å². The van der Waals surface area contributed by atoms with E-state index in [1.807, 2.05) is 7.05 Å². The Kier molecular flexibility index (Phi) is 4.27. The molecule has 1 aromatic heterocycles. The first kappa shape index (κ1) is 14.1. The third kappa shape index (κ3) is 2.82. The van der Waals surface area contributed by atoms with E-state index in [1.54, 1.807) is 0 Å². The molecule has 1 saturated heterocycles. The van der Waals surface area contributed by atoms with E-state index in [9.17, 15) is 0 Å². The summed E-state index contributed by atoms with van der Waals surface area (Å²) in [7, 11) is 1.93. The highest BCUT2D eigenvalue weighted by atomic mass is 15.2. The molecular formula is C15H26N4. The summed E-state index contributed by atoms with van der Waals surface area (Å²) >= 11 is 0. The Morgan fingerprint density at radius 1 is 1.21 bits per heavy atom. The predicted octanol–water partition coefficient (Wildman–Crippen LogP) is 2.87. The van der Waals surface area contributed by atoms with E-state index >= 15 is 0 Å². The highest BCUT2D eigenvalue weighted by Crippen LogP contribution is 2.30. The summed E-state index contributed by atoms with van der Waals surface area (Å²) in [5.41, 5.74) is 1.17. The van der Waals surface area contributed by atoms with Gasteiger partial charge in [-0.05, 0) is 25.2 Å². The number of nitrogens with zero attached hydrogens (tertiary/aromatic N) is 3. The molecule has 2 atom stereocenters. The molecule has 1 aliphatic heterocycles. The van der Waals surface area contributed by atoms with Gasteiger partial charge in [0.05, 0.1) is 0 Å². The zero-order valence-corrected chi connectivity index (χ0v) is 12.8. The Bertz CT molecular complexity index is 434. The molecule has 0 amide bonds. The zero-order valence-electron chi connectivity index (χ0n) is 12.8. The van der Waals surface area contributed by atoms with Crippen molar-refractivity contribution in [1.82, 2.24) is 9.97 Å². The van der Waals surface area contributed by atoms with Crippen LogP contribution in [0.3, 0.4) is 0 Å². The van der Waals surface area contributed by atoms with Crippen LogP contribution in [-0.4, -0.2) is 30.1 Å². The average Bonchev–Trinajstić information content (AvgIpc) is 2.71. The number of hydrogen-bond donors (Lipinski definition) is 1. The Balaban J connectivity index is 2.35. The van der Waals surface area contributed by atoms with Crippen molar-refractivity contribution in [3.05, 3.63) is 11.4 Å². The molecule has 0 aromatic carbocycles. The molecule has 1 aliphatic rings. The smallest absolute Gasteiger partial charge is 0.137 e. The van der Waals surface area contributed by atoms with Gasteiger partial charge < -0.3 is 10.2 Å². The van der Waals surface area contributed by atoms with Crippen molar-refractivity contribution in [2.45, 2.75) is 40.5 Å². The molecule has 1 fully saturated rings. The Morgan fingerprint density at radius 2 is 1.84 bits per heavy atom. The van der Waals surface area contributed by atoms with Crippen LogP contribution in [0.4, 0.5) is 11.6 Å². The van der Waals surface area contributed by atoms with Gasteiger partial charge in [-0.2, -0.15) is 0 Å². The van der Waals surface area contributed by atoms with Gasteiger partial charge in [0.25, 0.3) is 0 Å². The first-order valence-corrected chi connectivity index (χ1v) is 7.37. The Morgan fingerprint density at radius 3 is 2.37 bits per heavy atom. The quantitative estimate of drug-likeness (QED) is 0.906. The summed E-state index contributed by atoms with van der Waals surface area (Å²) in [5.74, 6) is 4.53. The lowest BCUT2D eigenvalue weighted by atomic mass is 10.0. The maximum absolute atomic E-state index is 4.80. The van der Waals surface area contributed by atoms with Crippen molar-refractivity contribution >= 4 is 11.6 Å². The largest absolute Gasteiger partial charge is 0.373 e. The van der Waals surface area contributed by atoms with E-state index in [4.69, 9.17) is 4.98 Å². The summed E-state index contributed by atoms with van der Waals surface area (Å²) in [4.78, 5) is 11.8. The van der Waals surface area contributed by atoms with Crippen LogP contribution in [0.15, 0.2) is 0 Å². The molecule has 2 heterocycles. The molecule has 0 bridgehead atoms. The van der Waals surface area contributed by atoms with E-state index in [-0.39, 0.29) is 0 Å². The van der Waals surface area contributed by atoms with Crippen molar-refractivity contribution in [2.24, 2.45) is 11.8 Å². The summed E-state index contributed by atoms with van der Waals surface area (Å²) in [6.45, 7) is 11.1. The van der Waals surface area contributed by atoms with Gasteiger partial charge in [0.15, 0.2) is 0 Å². The van der Waals surface area contributed by atoms with Crippen molar-refractivity contribution in [1.29, 1.82) is 0 Å². The summed E-state index contributed by atoms with van der Waals surface area (Å²) in [5, 5.41) is 3.20. The van der Waals surface area contributed by atoms with Gasteiger partial charge in [0, 0.05) is 32.1 Å². The third-order valence-electron chi connectivity index (χ3n) is 4.16. The number of rotatable bonds is 4. The fourth-order valence-electron chi connectivity index (χ4n) is 2.74. The summed E-state index contributed by atoms with van der Waals surface area (Å²) in [6.07, 6.45) is 2.03. The number of nitrogens with one attached hydrogen (secondary N) is 1. The van der Waals surface area contributed by atoms with Gasteiger partial charge >= 0.3 is 0 Å². The normalized spacial score (nSPS) is 22.9. The van der Waals surface area contributed by atoms with Gasteiger partial charge in [-0.1, -0.05) is 20.8 Å². The molecule has 0 spiro atoms. The van der Waals surface area contributed by atoms with Crippen molar-refractivity contribution in [3.8, 4) is 0 Å². The third-order valence-corrected chi connectivity index (χ3v) is 4.16. The fraction of sp³-hybridized carbons (Fsp3) is 0.733. The lowest BCUT2D eigenvalue weighted by Crippen LogP contribution is -2.23. The van der Waals surface area contributed by atoms with Crippen LogP contribution in [0, 0.1) is 18.8 Å². The van der Waals surface area contributed by atoms with Crippen molar-refractivity contribution < 1.29 is 0 Å². The number of hydrogen-bond acceptors (Lipinski definition) is 4. The minimum absolute atomic E-state index is 0.738. The lowest BCUT2D eigenvalue weighted by Gasteiger charge is -2.21. The van der Waals surface area contributed by atoms with E-state index in [0.29, 0.717) is 0 Å². The van der Waals surface area contributed by atoms with E-state index < -0.39 is 0 Å². The lowest BCUT2D eigenvalue weighted by molar-refractivity contribution is 0.494. The molecular weight excluding hydrogens is 236 g/mol. The molecule has 2 rings (SSSR count). The minimum atomic E-state index is 0.738. The molecule has 0 radical (unpaired) electrons. The van der Waals surface area contributed by atoms with Crippen LogP contribution in [-0.2, 0) is 6.42 Å². The van der Waals surface area contributed by atoms with Crippen LogP contribution in [0.5, 0.6) is 0 Å². The van der Waals surface area contributed by atoms with Crippen LogP contribution in [0.1, 0.15) is 38.6 Å². The highest BCUT2D eigenvalue weighted by Gasteiger charge is 2.28. The standard InChI is InChI=1S/C15H26N4/c1-6-7-13-17-14(16-5)12(4)15(18-13)19-8-10(2)11(3)9-19/h10-11H,6-9H2,1-5H3,(H,16,17,18). The van der Waals surface area contributed by atoms with E-state index in [0.717, 1.165) is 55.2 Å². The first-order chi connectivity index (χ1) is 9.06. The molecule has 1 N–H and O–H groups in total. The second kappa shape index (κ2) is 5.76. The monoisotopic (exact) mass is 262 g/mol. The second-order valence-electron chi connectivity index (χ2n) is 5.80. The number of aryl methyl sites for hydroxylation is 1. The summed E-state index contributed by atoms with van der Waals surface area (Å²) in [6, 6.07) is 0. The van der Waals surface area contributed by atoms with Crippen LogP contribution >= 0.6 is 0 Å². The van der Waals surface area contributed by atoms with E-state index in [2.05, 4.69) is 42.9 Å². The SMILES string of the molecule is CCCc1nc(NC)c(C)c(N2CC(C)C(C)C2)n1. The van der Waals surface area contributed by atoms with Crippen LogP contribution < -0.4 is 10.2 Å². The van der Waals surface area contributed by atoms with Crippen molar-refractivity contribution in [2.75, 3.05) is 30.4 Å². The van der Waals surface area contributed by atoms with Crippen LogP contribution in [0.25, 0.3) is 0 Å². The maximum Gasteiger partial charge on any atom is 0.137 e. The predicted molar refractivity (Wildman–Crippen MR) is 80.9 cm³/mol. The molecule has 106 valence electrons. The Labute approximate surface area is 116 Å². The van der Waals surface area contributed by atoms with Crippen LogP contribution in [0.2, 0.25) is 0 Å². The summed E-state index contributed by atoms with van der Waals surface area (Å²) < 4.78 is 0. The van der Waals surface area contributed by atoms with E-state index in [1.165, 1.54) is 5.56 Å². The first-order valence-electron chi connectivity index (χ1n) is 7.37. The number of anilines is 2. The fourth-order valence-corrected chi connectivity index (χ4v) is 2.74. The molecule has 1 aromatic rings. The molecule has 19 heavy (non-hydrogen) atoms. The molecule has 0 aliphatic carbocycles. The molecule has 4 heteroatoms. The maximum atomic E-state index is 4.80. The molecule has 2 unspecified atom stereocenters. The minimum Gasteiger partial charge on any atom is -0.373 e. The zero-order chi connectivity index (χ0) is 14.0. The van der Waals surface area contributed by atoms with Gasteiger partial charge in [-0.25, -0.2) is 9.97 Å². The molecule has 4 nitrogen and oxygen atoms in total.